The lowest BCUT2D eigenvalue weighted by molar-refractivity contribution is -0.143. The maximum absolute atomic E-state index is 13.6. The summed E-state index contributed by atoms with van der Waals surface area (Å²) in [6, 6.07) is 15.4. The molecule has 4 saturated carbocycles. The number of hydrogen-bond donors (Lipinski definition) is 1. The zero-order valence-electron chi connectivity index (χ0n) is 17.3. The topological polar surface area (TPSA) is 29.1 Å². The molecule has 2 aromatic rings. The summed E-state index contributed by atoms with van der Waals surface area (Å²) in [7, 11) is 0. The Labute approximate surface area is 168 Å². The fraction of sp³-hybridized carbons (Fsp3) is 0.500. The van der Waals surface area contributed by atoms with Crippen LogP contribution in [0.3, 0.4) is 0 Å². The van der Waals surface area contributed by atoms with Gasteiger partial charge in [-0.2, -0.15) is 0 Å². The summed E-state index contributed by atoms with van der Waals surface area (Å²) in [5.74, 6) is 1.67. The van der Waals surface area contributed by atoms with Crippen molar-refractivity contribution in [1.82, 2.24) is 0 Å². The van der Waals surface area contributed by atoms with Crippen LogP contribution in [0.4, 0.5) is 5.69 Å². The van der Waals surface area contributed by atoms with Gasteiger partial charge in [0.2, 0.25) is 5.91 Å². The molecule has 2 unspecified atom stereocenters. The summed E-state index contributed by atoms with van der Waals surface area (Å²) in [5.41, 5.74) is 6.26. The van der Waals surface area contributed by atoms with Crippen LogP contribution in [0, 0.1) is 38.0 Å². The van der Waals surface area contributed by atoms with Crippen molar-refractivity contribution < 1.29 is 4.79 Å². The van der Waals surface area contributed by atoms with Crippen molar-refractivity contribution in [2.75, 3.05) is 5.32 Å². The molecule has 4 aliphatic rings. The predicted octanol–water partition coefficient (Wildman–Crippen LogP) is 6.09. The van der Waals surface area contributed by atoms with Gasteiger partial charge in [-0.25, -0.2) is 0 Å². The van der Waals surface area contributed by atoms with Gasteiger partial charge in [0.1, 0.15) is 0 Å². The molecular formula is C26H31NO. The number of aryl methyl sites for hydroxylation is 3. The second-order valence-corrected chi connectivity index (χ2v) is 10.1. The second-order valence-electron chi connectivity index (χ2n) is 10.1. The molecule has 2 aromatic carbocycles. The average molecular weight is 374 g/mol. The largest absolute Gasteiger partial charge is 0.326 e. The first kappa shape index (κ1) is 18.0. The molecule has 2 heteroatoms. The van der Waals surface area contributed by atoms with E-state index in [1.165, 1.54) is 41.5 Å². The van der Waals surface area contributed by atoms with E-state index in [0.29, 0.717) is 11.8 Å². The molecule has 2 atom stereocenters. The maximum Gasteiger partial charge on any atom is 0.230 e. The van der Waals surface area contributed by atoms with E-state index in [2.05, 4.69) is 68.6 Å². The molecule has 0 saturated heterocycles. The third-order valence-corrected chi connectivity index (χ3v) is 7.97. The van der Waals surface area contributed by atoms with Gasteiger partial charge in [0, 0.05) is 5.69 Å². The molecule has 0 aliphatic heterocycles. The first-order valence-corrected chi connectivity index (χ1v) is 10.8. The molecule has 4 bridgehead atoms. The number of hydrogen-bond acceptors (Lipinski definition) is 1. The quantitative estimate of drug-likeness (QED) is 0.693. The molecule has 0 radical (unpaired) electrons. The van der Waals surface area contributed by atoms with Gasteiger partial charge in [0.25, 0.3) is 0 Å². The maximum atomic E-state index is 13.6. The van der Waals surface area contributed by atoms with E-state index in [1.807, 2.05) is 0 Å². The number of rotatable bonds is 3. The lowest BCUT2D eigenvalue weighted by Gasteiger charge is -2.61. The lowest BCUT2D eigenvalue weighted by Crippen LogP contribution is -2.57. The number of anilines is 1. The number of carbonyl (C=O) groups excluding carboxylic acids is 1. The van der Waals surface area contributed by atoms with Crippen molar-refractivity contribution >= 4 is 11.6 Å². The summed E-state index contributed by atoms with van der Waals surface area (Å²) in [5, 5.41) is 3.31. The van der Waals surface area contributed by atoms with Crippen LogP contribution in [0.25, 0.3) is 0 Å². The predicted molar refractivity (Wildman–Crippen MR) is 115 cm³/mol. The first-order chi connectivity index (χ1) is 13.4. The molecule has 4 aliphatic carbocycles. The standard InChI is InChI=1S/C26H31NO/c1-17-4-7-22(8-5-17)25-12-20-11-21(13-25)15-26(14-20,16-25)24(28)27-23-9-6-18(2)19(3)10-23/h4-10,20-21H,11-16H2,1-3H3,(H,27,28). The molecule has 146 valence electrons. The van der Waals surface area contributed by atoms with E-state index in [0.717, 1.165) is 24.9 Å². The lowest BCUT2D eigenvalue weighted by atomic mass is 9.42. The van der Waals surface area contributed by atoms with E-state index in [9.17, 15) is 4.79 Å². The van der Waals surface area contributed by atoms with Gasteiger partial charge in [0.05, 0.1) is 5.41 Å². The van der Waals surface area contributed by atoms with Crippen LogP contribution >= 0.6 is 0 Å². The van der Waals surface area contributed by atoms with Gasteiger partial charge in [-0.05, 0) is 105 Å². The van der Waals surface area contributed by atoms with E-state index < -0.39 is 0 Å². The molecule has 1 N–H and O–H groups in total. The van der Waals surface area contributed by atoms with Crippen LogP contribution in [-0.4, -0.2) is 5.91 Å². The highest BCUT2D eigenvalue weighted by molar-refractivity contribution is 5.96. The SMILES string of the molecule is Cc1ccc(C23CC4CC(CC(C(=O)Nc5ccc(C)c(C)c5)(C4)C2)C3)cc1. The molecule has 28 heavy (non-hydrogen) atoms. The Morgan fingerprint density at radius 1 is 0.893 bits per heavy atom. The van der Waals surface area contributed by atoms with E-state index in [1.54, 1.807) is 0 Å². The zero-order valence-corrected chi connectivity index (χ0v) is 17.3. The van der Waals surface area contributed by atoms with E-state index in [-0.39, 0.29) is 16.7 Å². The van der Waals surface area contributed by atoms with Gasteiger partial charge >= 0.3 is 0 Å². The summed E-state index contributed by atoms with van der Waals surface area (Å²) in [6.07, 6.45) is 7.04. The molecule has 0 heterocycles. The Morgan fingerprint density at radius 2 is 1.57 bits per heavy atom. The molecule has 0 spiro atoms. The van der Waals surface area contributed by atoms with Crippen LogP contribution in [0.2, 0.25) is 0 Å². The van der Waals surface area contributed by atoms with Gasteiger partial charge in [-0.3, -0.25) is 4.79 Å². The summed E-state index contributed by atoms with van der Waals surface area (Å²) in [6.45, 7) is 6.38. The minimum absolute atomic E-state index is 0.187. The van der Waals surface area contributed by atoms with Crippen LogP contribution < -0.4 is 5.32 Å². The molecule has 2 nitrogen and oxygen atoms in total. The van der Waals surface area contributed by atoms with Crippen LogP contribution in [-0.2, 0) is 10.2 Å². The zero-order chi connectivity index (χ0) is 19.5. The third kappa shape index (κ3) is 2.80. The number of amides is 1. The molecular weight excluding hydrogens is 342 g/mol. The van der Waals surface area contributed by atoms with Gasteiger partial charge in [-0.1, -0.05) is 35.9 Å². The monoisotopic (exact) mass is 373 g/mol. The van der Waals surface area contributed by atoms with Crippen molar-refractivity contribution in [1.29, 1.82) is 0 Å². The minimum Gasteiger partial charge on any atom is -0.326 e. The highest BCUT2D eigenvalue weighted by Gasteiger charge is 2.60. The van der Waals surface area contributed by atoms with Crippen LogP contribution in [0.15, 0.2) is 42.5 Å². The first-order valence-electron chi connectivity index (χ1n) is 10.8. The van der Waals surface area contributed by atoms with Gasteiger partial charge < -0.3 is 5.32 Å². The Hall–Kier alpha value is -2.09. The Kier molecular flexibility index (Phi) is 3.98. The van der Waals surface area contributed by atoms with Crippen molar-refractivity contribution in [2.45, 2.75) is 64.7 Å². The Morgan fingerprint density at radius 3 is 2.21 bits per heavy atom. The fourth-order valence-electron chi connectivity index (χ4n) is 6.86. The van der Waals surface area contributed by atoms with Crippen molar-refractivity contribution in [3.63, 3.8) is 0 Å². The normalized spacial score (nSPS) is 33.1. The van der Waals surface area contributed by atoms with Crippen molar-refractivity contribution in [2.24, 2.45) is 17.3 Å². The molecule has 4 fully saturated rings. The number of nitrogens with one attached hydrogen (secondary N) is 1. The van der Waals surface area contributed by atoms with E-state index >= 15 is 0 Å². The van der Waals surface area contributed by atoms with Gasteiger partial charge in [0.15, 0.2) is 0 Å². The highest BCUT2D eigenvalue weighted by Crippen LogP contribution is 2.66. The average Bonchev–Trinajstić information content (AvgIpc) is 2.64. The van der Waals surface area contributed by atoms with Crippen molar-refractivity contribution in [3.8, 4) is 0 Å². The minimum atomic E-state index is -0.187. The Bertz CT molecular complexity index is 912. The smallest absolute Gasteiger partial charge is 0.230 e. The van der Waals surface area contributed by atoms with Crippen LogP contribution in [0.5, 0.6) is 0 Å². The number of benzene rings is 2. The van der Waals surface area contributed by atoms with Crippen LogP contribution in [0.1, 0.15) is 60.8 Å². The second kappa shape index (κ2) is 6.20. The van der Waals surface area contributed by atoms with Gasteiger partial charge in [-0.15, -0.1) is 0 Å². The van der Waals surface area contributed by atoms with Crippen molar-refractivity contribution in [3.05, 3.63) is 64.7 Å². The number of carbonyl (C=O) groups is 1. The highest BCUT2D eigenvalue weighted by atomic mass is 16.2. The summed E-state index contributed by atoms with van der Waals surface area (Å²) >= 11 is 0. The molecule has 6 rings (SSSR count). The Balaban J connectivity index is 1.46. The fourth-order valence-corrected chi connectivity index (χ4v) is 6.86. The molecule has 1 amide bonds. The van der Waals surface area contributed by atoms with E-state index in [4.69, 9.17) is 0 Å². The molecule has 0 aromatic heterocycles. The third-order valence-electron chi connectivity index (χ3n) is 7.97. The summed E-state index contributed by atoms with van der Waals surface area (Å²) < 4.78 is 0. The summed E-state index contributed by atoms with van der Waals surface area (Å²) in [4.78, 5) is 13.6.